The molecule has 7 heteroatoms. The lowest BCUT2D eigenvalue weighted by molar-refractivity contribution is -0.134. The van der Waals surface area contributed by atoms with E-state index in [1.54, 1.807) is 19.2 Å². The number of esters is 1. The summed E-state index contributed by atoms with van der Waals surface area (Å²) in [5.74, 6) is -0.139. The van der Waals surface area contributed by atoms with Gasteiger partial charge < -0.3 is 24.0 Å². The van der Waals surface area contributed by atoms with Gasteiger partial charge in [-0.1, -0.05) is 26.0 Å². The summed E-state index contributed by atoms with van der Waals surface area (Å²) in [6.45, 7) is 6.53. The molecule has 7 nitrogen and oxygen atoms in total. The van der Waals surface area contributed by atoms with Crippen molar-refractivity contribution in [2.45, 2.75) is 52.2 Å². The number of hydrogen-bond acceptors (Lipinski definition) is 5. The van der Waals surface area contributed by atoms with Crippen LogP contribution >= 0.6 is 0 Å². The summed E-state index contributed by atoms with van der Waals surface area (Å²) in [6, 6.07) is 11.4. The van der Waals surface area contributed by atoms with Gasteiger partial charge in [-0.15, -0.1) is 0 Å². The van der Waals surface area contributed by atoms with Gasteiger partial charge in [0.1, 0.15) is 5.75 Å². The van der Waals surface area contributed by atoms with Crippen molar-refractivity contribution in [3.05, 3.63) is 64.8 Å². The standard InChI is InChI=1S/C29H36N2O5/c1-5-12-30-14-11-23(28(30)33)27(32)20-9-10-25-24(16-20)22(18-31(25)13-6-2)15-19-7-8-21(29(34)36-4)17-26(19)35-3/h7-10,16-18,23,27,32H,5-6,11-15H2,1-4H3. The predicted octanol–water partition coefficient (Wildman–Crippen LogP) is 4.73. The molecule has 1 aliphatic heterocycles. The van der Waals surface area contributed by atoms with Crippen molar-refractivity contribution >= 4 is 22.8 Å². The van der Waals surface area contributed by atoms with Crippen molar-refractivity contribution in [3.8, 4) is 5.75 Å². The summed E-state index contributed by atoms with van der Waals surface area (Å²) in [4.78, 5) is 26.7. The highest BCUT2D eigenvalue weighted by Gasteiger charge is 2.37. The molecule has 2 unspecified atom stereocenters. The van der Waals surface area contributed by atoms with Gasteiger partial charge in [0.2, 0.25) is 5.91 Å². The highest BCUT2D eigenvalue weighted by molar-refractivity contribution is 5.90. The number of aliphatic hydroxyl groups is 1. The van der Waals surface area contributed by atoms with Crippen molar-refractivity contribution in [3.63, 3.8) is 0 Å². The number of rotatable bonds is 10. The fraction of sp³-hybridized carbons (Fsp3) is 0.448. The van der Waals surface area contributed by atoms with Gasteiger partial charge in [0.25, 0.3) is 0 Å². The molecule has 1 fully saturated rings. The largest absolute Gasteiger partial charge is 0.496 e. The number of aromatic nitrogens is 1. The molecule has 1 N–H and O–H groups in total. The summed E-state index contributed by atoms with van der Waals surface area (Å²) < 4.78 is 12.7. The van der Waals surface area contributed by atoms with Gasteiger partial charge in [-0.05, 0) is 60.2 Å². The summed E-state index contributed by atoms with van der Waals surface area (Å²) in [5.41, 5.74) is 4.35. The third-order valence-electron chi connectivity index (χ3n) is 7.10. The van der Waals surface area contributed by atoms with Gasteiger partial charge in [0.15, 0.2) is 0 Å². The minimum absolute atomic E-state index is 0.0451. The molecule has 0 spiro atoms. The minimum Gasteiger partial charge on any atom is -0.496 e. The monoisotopic (exact) mass is 492 g/mol. The predicted molar refractivity (Wildman–Crippen MR) is 139 cm³/mol. The highest BCUT2D eigenvalue weighted by Crippen LogP contribution is 2.35. The van der Waals surface area contributed by atoms with Gasteiger partial charge in [-0.25, -0.2) is 4.79 Å². The van der Waals surface area contributed by atoms with Crippen LogP contribution in [0.2, 0.25) is 0 Å². The molecule has 2 heterocycles. The van der Waals surface area contributed by atoms with Gasteiger partial charge >= 0.3 is 5.97 Å². The van der Waals surface area contributed by atoms with Crippen LogP contribution in [0.4, 0.5) is 0 Å². The molecule has 192 valence electrons. The number of aryl methyl sites for hydroxylation is 1. The van der Waals surface area contributed by atoms with Crippen LogP contribution in [0.1, 0.15) is 66.3 Å². The van der Waals surface area contributed by atoms with E-state index in [9.17, 15) is 14.7 Å². The number of amides is 1. The first-order valence-electron chi connectivity index (χ1n) is 12.8. The first-order chi connectivity index (χ1) is 17.4. The Morgan fingerprint density at radius 2 is 1.86 bits per heavy atom. The Bertz CT molecular complexity index is 1250. The molecule has 36 heavy (non-hydrogen) atoms. The zero-order valence-electron chi connectivity index (χ0n) is 21.6. The van der Waals surface area contributed by atoms with E-state index in [2.05, 4.69) is 24.6 Å². The van der Waals surface area contributed by atoms with Crippen LogP contribution in [0.15, 0.2) is 42.6 Å². The van der Waals surface area contributed by atoms with Crippen LogP contribution in [0.25, 0.3) is 10.9 Å². The van der Waals surface area contributed by atoms with Crippen molar-refractivity contribution in [2.24, 2.45) is 5.92 Å². The second kappa shape index (κ2) is 11.2. The number of ether oxygens (including phenoxy) is 2. The van der Waals surface area contributed by atoms with Crippen LogP contribution in [0.3, 0.4) is 0 Å². The third kappa shape index (κ3) is 4.98. The maximum absolute atomic E-state index is 12.9. The lowest BCUT2D eigenvalue weighted by atomic mass is 9.92. The topological polar surface area (TPSA) is 81.0 Å². The molecule has 1 saturated heterocycles. The molecule has 2 aromatic carbocycles. The molecule has 0 saturated carbocycles. The van der Waals surface area contributed by atoms with Gasteiger partial charge in [-0.3, -0.25) is 4.79 Å². The molecule has 1 amide bonds. The number of aliphatic hydroxyl groups excluding tert-OH is 1. The smallest absolute Gasteiger partial charge is 0.337 e. The van der Waals surface area contributed by atoms with E-state index in [1.807, 2.05) is 29.2 Å². The van der Waals surface area contributed by atoms with Gasteiger partial charge in [-0.2, -0.15) is 0 Å². The number of fused-ring (bicyclic) bond motifs is 1. The van der Waals surface area contributed by atoms with Gasteiger partial charge in [0.05, 0.1) is 31.8 Å². The number of likely N-dealkylation sites (tertiary alicyclic amines) is 1. The number of nitrogens with zero attached hydrogens (tertiary/aromatic N) is 2. The first-order valence-corrected chi connectivity index (χ1v) is 12.8. The average molecular weight is 493 g/mol. The van der Waals surface area contributed by atoms with Crippen LogP contribution in [-0.4, -0.2) is 53.8 Å². The number of methoxy groups -OCH3 is 2. The van der Waals surface area contributed by atoms with E-state index in [0.29, 0.717) is 30.7 Å². The number of carbonyl (C=O) groups excluding carboxylic acids is 2. The second-order valence-electron chi connectivity index (χ2n) is 9.48. The first kappa shape index (κ1) is 25.8. The molecular weight excluding hydrogens is 456 g/mol. The second-order valence-corrected chi connectivity index (χ2v) is 9.48. The number of hydrogen-bond donors (Lipinski definition) is 1. The van der Waals surface area contributed by atoms with Crippen LogP contribution in [-0.2, 0) is 22.5 Å². The molecule has 1 aliphatic rings. The molecule has 0 bridgehead atoms. The Balaban J connectivity index is 1.69. The maximum atomic E-state index is 12.9. The minimum atomic E-state index is -0.833. The average Bonchev–Trinajstić information content (AvgIpc) is 3.43. The summed E-state index contributed by atoms with van der Waals surface area (Å²) in [7, 11) is 2.95. The molecule has 3 aromatic rings. The molecular formula is C29H36N2O5. The zero-order valence-corrected chi connectivity index (χ0v) is 21.6. The van der Waals surface area contributed by atoms with Crippen molar-refractivity contribution in [1.29, 1.82) is 0 Å². The molecule has 1 aromatic heterocycles. The number of carbonyl (C=O) groups is 2. The van der Waals surface area contributed by atoms with E-state index in [4.69, 9.17) is 9.47 Å². The summed E-state index contributed by atoms with van der Waals surface area (Å²) in [6.07, 6.45) is 4.50. The maximum Gasteiger partial charge on any atom is 0.337 e. The van der Waals surface area contributed by atoms with Crippen molar-refractivity contribution in [2.75, 3.05) is 27.3 Å². The Morgan fingerprint density at radius 3 is 2.56 bits per heavy atom. The lowest BCUT2D eigenvalue weighted by Crippen LogP contribution is -2.30. The molecule has 4 rings (SSSR count). The summed E-state index contributed by atoms with van der Waals surface area (Å²) >= 11 is 0. The van der Waals surface area contributed by atoms with Crippen LogP contribution < -0.4 is 4.74 Å². The molecule has 0 radical (unpaired) electrons. The van der Waals surface area contributed by atoms with Gasteiger partial charge in [0, 0.05) is 43.2 Å². The number of benzene rings is 2. The third-order valence-corrected chi connectivity index (χ3v) is 7.10. The van der Waals surface area contributed by atoms with Crippen molar-refractivity contribution in [1.82, 2.24) is 9.47 Å². The Morgan fingerprint density at radius 1 is 1.08 bits per heavy atom. The Hall–Kier alpha value is -3.32. The molecule has 2 atom stereocenters. The zero-order chi connectivity index (χ0) is 25.8. The van der Waals surface area contributed by atoms with E-state index >= 15 is 0 Å². The SMILES string of the molecule is CCCN1CCC(C(O)c2ccc3c(c2)c(Cc2ccc(C(=O)OC)cc2OC)cn3CCC)C1=O. The molecule has 0 aliphatic carbocycles. The van der Waals surface area contributed by atoms with E-state index in [1.165, 1.54) is 7.11 Å². The fourth-order valence-electron chi connectivity index (χ4n) is 5.26. The van der Waals surface area contributed by atoms with E-state index in [-0.39, 0.29) is 5.91 Å². The van der Waals surface area contributed by atoms with Crippen LogP contribution in [0, 0.1) is 5.92 Å². The fourth-order valence-corrected chi connectivity index (χ4v) is 5.26. The normalized spacial score (nSPS) is 16.5. The van der Waals surface area contributed by atoms with Crippen LogP contribution in [0.5, 0.6) is 5.75 Å². The lowest BCUT2D eigenvalue weighted by Gasteiger charge is -2.19. The quantitative estimate of drug-likeness (QED) is 0.414. The Labute approximate surface area is 212 Å². The highest BCUT2D eigenvalue weighted by atomic mass is 16.5. The van der Waals surface area contributed by atoms with E-state index < -0.39 is 18.0 Å². The van der Waals surface area contributed by atoms with E-state index in [0.717, 1.165) is 53.5 Å². The Kier molecular flexibility index (Phi) is 7.99. The van der Waals surface area contributed by atoms with Crippen molar-refractivity contribution < 1.29 is 24.2 Å². The summed E-state index contributed by atoms with van der Waals surface area (Å²) in [5, 5.41) is 12.2.